The first-order valence-corrected chi connectivity index (χ1v) is 8.84. The first kappa shape index (κ1) is 17.7. The maximum atomic E-state index is 6.38. The second kappa shape index (κ2) is 7.50. The van der Waals surface area contributed by atoms with Crippen molar-refractivity contribution in [3.8, 4) is 28.6 Å². The molecule has 0 N–H and O–H groups in total. The molecular weight excluding hydrogens is 391 g/mol. The molecule has 0 saturated carbocycles. The highest BCUT2D eigenvalue weighted by molar-refractivity contribution is 6.50. The number of hydrogen-bond acceptors (Lipinski definition) is 6. The zero-order valence-corrected chi connectivity index (χ0v) is 15.8. The van der Waals surface area contributed by atoms with Gasteiger partial charge >= 0.3 is 0 Å². The maximum Gasteiger partial charge on any atom is 0.269 e. The third kappa shape index (κ3) is 3.72. The molecule has 0 spiro atoms. The average molecular weight is 405 g/mol. The molecule has 1 aliphatic heterocycles. The lowest BCUT2D eigenvalue weighted by atomic mass is 10.1. The van der Waals surface area contributed by atoms with E-state index in [1.54, 1.807) is 31.4 Å². The number of halogens is 2. The third-order valence-electron chi connectivity index (χ3n) is 3.86. The van der Waals surface area contributed by atoms with Gasteiger partial charge in [0, 0.05) is 10.6 Å². The van der Waals surface area contributed by atoms with Gasteiger partial charge in [0.25, 0.3) is 5.89 Å². The van der Waals surface area contributed by atoms with E-state index in [0.717, 1.165) is 11.1 Å². The summed E-state index contributed by atoms with van der Waals surface area (Å²) in [6.45, 7) is 0.956. The molecule has 1 aromatic heterocycles. The van der Waals surface area contributed by atoms with Crippen LogP contribution < -0.4 is 14.2 Å². The highest BCUT2D eigenvalue weighted by atomic mass is 35.5. The van der Waals surface area contributed by atoms with Crippen molar-refractivity contribution >= 4 is 34.3 Å². The smallest absolute Gasteiger partial charge is 0.269 e. The molecule has 2 heterocycles. The van der Waals surface area contributed by atoms with E-state index in [1.807, 2.05) is 18.2 Å². The normalized spacial score (nSPS) is 13.5. The molecule has 3 aromatic rings. The number of fused-ring (bicyclic) bond motifs is 1. The maximum absolute atomic E-state index is 6.38. The quantitative estimate of drug-likeness (QED) is 0.615. The fourth-order valence-corrected chi connectivity index (χ4v) is 3.04. The number of rotatable bonds is 4. The summed E-state index contributed by atoms with van der Waals surface area (Å²) >= 11 is 12.4. The van der Waals surface area contributed by atoms with Crippen LogP contribution in [0.25, 0.3) is 22.5 Å². The van der Waals surface area contributed by atoms with Gasteiger partial charge in [-0.1, -0.05) is 40.5 Å². The second-order valence-corrected chi connectivity index (χ2v) is 6.52. The van der Waals surface area contributed by atoms with Gasteiger partial charge in [-0.2, -0.15) is 4.98 Å². The van der Waals surface area contributed by atoms with Crippen LogP contribution in [0.5, 0.6) is 17.2 Å². The number of aromatic nitrogens is 2. The van der Waals surface area contributed by atoms with Crippen LogP contribution in [0.4, 0.5) is 0 Å². The Morgan fingerprint density at radius 2 is 2.04 bits per heavy atom. The molecule has 0 saturated heterocycles. The number of hydrogen-bond donors (Lipinski definition) is 0. The Hall–Kier alpha value is -2.70. The van der Waals surface area contributed by atoms with Crippen LogP contribution in [0.1, 0.15) is 11.5 Å². The molecule has 27 heavy (non-hydrogen) atoms. The largest absolute Gasteiger partial charge is 0.493 e. The predicted molar refractivity (Wildman–Crippen MR) is 102 cm³/mol. The fraction of sp³-hybridized carbons (Fsp3) is 0.158. The van der Waals surface area contributed by atoms with Crippen molar-refractivity contribution in [3.05, 3.63) is 52.9 Å². The zero-order chi connectivity index (χ0) is 18.8. The Morgan fingerprint density at radius 1 is 1.19 bits per heavy atom. The number of ether oxygens (including phenoxy) is 3. The highest BCUT2D eigenvalue weighted by Crippen LogP contribution is 2.41. The lowest BCUT2D eigenvalue weighted by Crippen LogP contribution is -2.16. The first-order chi connectivity index (χ1) is 13.1. The summed E-state index contributed by atoms with van der Waals surface area (Å²) < 4.78 is 21.9. The van der Waals surface area contributed by atoms with Gasteiger partial charge in [-0.15, -0.1) is 0 Å². The lowest BCUT2D eigenvalue weighted by Gasteiger charge is -2.21. The summed E-state index contributed by atoms with van der Waals surface area (Å²) in [5.41, 5.74) is 1.49. The molecule has 1 aliphatic rings. The molecule has 0 unspecified atom stereocenters. The van der Waals surface area contributed by atoms with Crippen molar-refractivity contribution in [2.24, 2.45) is 0 Å². The van der Waals surface area contributed by atoms with E-state index in [4.69, 9.17) is 41.9 Å². The molecule has 0 fully saturated rings. The summed E-state index contributed by atoms with van der Waals surface area (Å²) in [6, 6.07) is 10.8. The van der Waals surface area contributed by atoms with E-state index in [9.17, 15) is 0 Å². The minimum absolute atomic E-state index is 0.195. The molecule has 8 heteroatoms. The van der Waals surface area contributed by atoms with E-state index in [1.165, 1.54) is 0 Å². The van der Waals surface area contributed by atoms with Crippen molar-refractivity contribution in [1.29, 1.82) is 0 Å². The van der Waals surface area contributed by atoms with Crippen LogP contribution in [0.2, 0.25) is 5.02 Å². The van der Waals surface area contributed by atoms with Crippen LogP contribution in [-0.4, -0.2) is 30.5 Å². The molecule has 0 radical (unpaired) electrons. The van der Waals surface area contributed by atoms with Gasteiger partial charge in [-0.05, 0) is 35.9 Å². The van der Waals surface area contributed by atoms with E-state index in [2.05, 4.69) is 10.1 Å². The van der Waals surface area contributed by atoms with Gasteiger partial charge in [0.2, 0.25) is 11.6 Å². The third-order valence-corrected chi connectivity index (χ3v) is 4.36. The molecule has 0 amide bonds. The van der Waals surface area contributed by atoms with Gasteiger partial charge in [0.05, 0.1) is 7.11 Å². The van der Waals surface area contributed by atoms with Gasteiger partial charge < -0.3 is 18.7 Å². The van der Waals surface area contributed by atoms with Crippen LogP contribution >= 0.6 is 23.2 Å². The van der Waals surface area contributed by atoms with Crippen molar-refractivity contribution in [1.82, 2.24) is 10.1 Å². The minimum Gasteiger partial charge on any atom is -0.493 e. The zero-order valence-electron chi connectivity index (χ0n) is 14.2. The van der Waals surface area contributed by atoms with Gasteiger partial charge in [0.15, 0.2) is 11.5 Å². The van der Waals surface area contributed by atoms with Gasteiger partial charge in [-0.3, -0.25) is 0 Å². The SMILES string of the molecule is COc1cc(/C=C(\Cl)c2nc(-c3cccc(Cl)c3)no2)cc2c1OCCO2. The molecule has 6 nitrogen and oxygen atoms in total. The van der Waals surface area contributed by atoms with Crippen molar-refractivity contribution in [2.75, 3.05) is 20.3 Å². The first-order valence-electron chi connectivity index (χ1n) is 8.09. The van der Waals surface area contributed by atoms with E-state index in [0.29, 0.717) is 41.3 Å². The summed E-state index contributed by atoms with van der Waals surface area (Å²) in [7, 11) is 1.57. The van der Waals surface area contributed by atoms with Crippen molar-refractivity contribution < 1.29 is 18.7 Å². The molecule has 4 rings (SSSR count). The van der Waals surface area contributed by atoms with Crippen LogP contribution in [0, 0.1) is 0 Å². The van der Waals surface area contributed by atoms with Gasteiger partial charge in [-0.25, -0.2) is 0 Å². The van der Waals surface area contributed by atoms with Crippen molar-refractivity contribution in [2.45, 2.75) is 0 Å². The predicted octanol–water partition coefficient (Wildman–Crippen LogP) is 4.91. The Morgan fingerprint density at radius 3 is 2.85 bits per heavy atom. The number of nitrogens with zero attached hydrogens (tertiary/aromatic N) is 2. The van der Waals surface area contributed by atoms with E-state index in [-0.39, 0.29) is 10.9 Å². The molecular formula is C19H14Cl2N2O4. The topological polar surface area (TPSA) is 66.6 Å². The Balaban J connectivity index is 1.65. The Labute approximate surface area is 165 Å². The molecule has 0 atom stereocenters. The van der Waals surface area contributed by atoms with Gasteiger partial charge in [0.1, 0.15) is 18.2 Å². The Kier molecular flexibility index (Phi) is 4.92. The van der Waals surface area contributed by atoms with E-state index >= 15 is 0 Å². The lowest BCUT2D eigenvalue weighted by molar-refractivity contribution is 0.165. The fourth-order valence-electron chi connectivity index (χ4n) is 2.65. The summed E-state index contributed by atoms with van der Waals surface area (Å²) in [6.07, 6.45) is 1.69. The summed E-state index contributed by atoms with van der Waals surface area (Å²) in [5.74, 6) is 2.34. The minimum atomic E-state index is 0.195. The number of benzene rings is 2. The van der Waals surface area contributed by atoms with E-state index < -0.39 is 0 Å². The standard InChI is InChI=1S/C19H14Cl2N2O4/c1-24-15-8-11(9-16-17(15)26-6-5-25-16)7-14(21)19-22-18(23-27-19)12-3-2-4-13(20)10-12/h2-4,7-10H,5-6H2,1H3/b14-7-. The average Bonchev–Trinajstić information content (AvgIpc) is 3.18. The van der Waals surface area contributed by atoms with Crippen LogP contribution in [-0.2, 0) is 0 Å². The summed E-state index contributed by atoms with van der Waals surface area (Å²) in [5, 5.41) is 4.83. The summed E-state index contributed by atoms with van der Waals surface area (Å²) in [4.78, 5) is 4.32. The molecule has 2 aromatic carbocycles. The number of methoxy groups -OCH3 is 1. The second-order valence-electron chi connectivity index (χ2n) is 5.67. The van der Waals surface area contributed by atoms with Crippen LogP contribution in [0.3, 0.4) is 0 Å². The molecule has 0 bridgehead atoms. The molecule has 138 valence electrons. The van der Waals surface area contributed by atoms with Crippen molar-refractivity contribution in [3.63, 3.8) is 0 Å². The van der Waals surface area contributed by atoms with Crippen LogP contribution in [0.15, 0.2) is 40.9 Å². The monoisotopic (exact) mass is 404 g/mol. The Bertz CT molecular complexity index is 999. The highest BCUT2D eigenvalue weighted by Gasteiger charge is 2.19. The molecule has 0 aliphatic carbocycles.